The van der Waals surface area contributed by atoms with Gasteiger partial charge in [0.15, 0.2) is 0 Å². The van der Waals surface area contributed by atoms with Gasteiger partial charge in [-0.2, -0.15) is 0 Å². The normalized spacial score (nSPS) is 11.1. The van der Waals surface area contributed by atoms with Crippen molar-refractivity contribution in [2.45, 2.75) is 4.90 Å². The number of hydrogen-bond acceptors (Lipinski definition) is 3. The minimum atomic E-state index is -4.13. The first kappa shape index (κ1) is 23.7. The Labute approximate surface area is 193 Å². The molecular weight excluding hydrogens is 481 g/mol. The van der Waals surface area contributed by atoms with Gasteiger partial charge in [-0.25, -0.2) is 17.2 Å². The molecule has 3 aromatic rings. The summed E-state index contributed by atoms with van der Waals surface area (Å²) in [5.74, 6) is -2.66. The van der Waals surface area contributed by atoms with Crippen molar-refractivity contribution in [3.63, 3.8) is 0 Å². The Kier molecular flexibility index (Phi) is 7.18. The van der Waals surface area contributed by atoms with E-state index in [1.54, 1.807) is 12.1 Å². The van der Waals surface area contributed by atoms with Crippen LogP contribution in [0.25, 0.3) is 0 Å². The quantitative estimate of drug-likeness (QED) is 0.413. The van der Waals surface area contributed by atoms with Crippen LogP contribution in [0.4, 0.5) is 20.2 Å². The molecule has 0 spiro atoms. The number of carbonyl (C=O) groups is 1. The molecule has 0 saturated carbocycles. The monoisotopic (exact) mass is 496 g/mol. The van der Waals surface area contributed by atoms with Crippen molar-refractivity contribution < 1.29 is 22.0 Å². The molecule has 1 N–H and O–H groups in total. The van der Waals surface area contributed by atoms with Crippen LogP contribution in [0.3, 0.4) is 0 Å². The average Bonchev–Trinajstić information content (AvgIpc) is 2.74. The van der Waals surface area contributed by atoms with E-state index in [1.807, 2.05) is 0 Å². The number of amides is 1. The Bertz CT molecular complexity index is 1280. The van der Waals surface area contributed by atoms with E-state index in [0.717, 1.165) is 22.5 Å². The first-order valence-corrected chi connectivity index (χ1v) is 11.3. The van der Waals surface area contributed by atoms with Gasteiger partial charge in [-0.3, -0.25) is 9.10 Å². The molecule has 0 aliphatic carbocycles. The number of anilines is 2. The highest BCUT2D eigenvalue weighted by Crippen LogP contribution is 2.28. The van der Waals surface area contributed by atoms with Crippen LogP contribution in [0.5, 0.6) is 0 Å². The van der Waals surface area contributed by atoms with Crippen LogP contribution < -0.4 is 9.62 Å². The van der Waals surface area contributed by atoms with Gasteiger partial charge >= 0.3 is 0 Å². The Balaban J connectivity index is 1.99. The number of carbonyl (C=O) groups excluding carboxylic acids is 1. The fraction of sp³-hybridized carbons (Fsp3) is 0.0455. The molecule has 0 aromatic heterocycles. The molecule has 0 saturated heterocycles. The maximum Gasteiger partial charge on any atom is 0.264 e. The van der Waals surface area contributed by atoms with Gasteiger partial charge in [0.2, 0.25) is 0 Å². The lowest BCUT2D eigenvalue weighted by molar-refractivity contribution is 0.102. The summed E-state index contributed by atoms with van der Waals surface area (Å²) in [5, 5.41) is 2.64. The second-order valence-electron chi connectivity index (χ2n) is 6.52. The van der Waals surface area contributed by atoms with Gasteiger partial charge in [-0.15, -0.1) is 6.58 Å². The van der Waals surface area contributed by atoms with Crippen LogP contribution in [-0.2, 0) is 10.0 Å². The molecular formula is C22H16Cl2F2N2O3S. The largest absolute Gasteiger partial charge is 0.319 e. The molecule has 3 rings (SSSR count). The summed E-state index contributed by atoms with van der Waals surface area (Å²) in [5.41, 5.74) is -0.148. The maximum absolute atomic E-state index is 13.9. The van der Waals surface area contributed by atoms with E-state index in [-0.39, 0.29) is 27.7 Å². The lowest BCUT2D eigenvalue weighted by atomic mass is 10.2. The van der Waals surface area contributed by atoms with Crippen LogP contribution in [0.15, 0.2) is 78.2 Å². The molecule has 0 fully saturated rings. The first-order valence-electron chi connectivity index (χ1n) is 9.08. The number of halogens is 4. The van der Waals surface area contributed by atoms with Crippen LogP contribution in [0.2, 0.25) is 10.0 Å². The smallest absolute Gasteiger partial charge is 0.264 e. The van der Waals surface area contributed by atoms with Crippen LogP contribution in [0.1, 0.15) is 10.4 Å². The third-order valence-electron chi connectivity index (χ3n) is 4.36. The van der Waals surface area contributed by atoms with Crippen molar-refractivity contribution >= 4 is 50.5 Å². The predicted molar refractivity (Wildman–Crippen MR) is 122 cm³/mol. The van der Waals surface area contributed by atoms with Crippen molar-refractivity contribution in [1.82, 2.24) is 0 Å². The molecule has 3 aromatic carbocycles. The van der Waals surface area contributed by atoms with E-state index >= 15 is 0 Å². The van der Waals surface area contributed by atoms with Gasteiger partial charge in [0.25, 0.3) is 15.9 Å². The number of nitrogens with zero attached hydrogens (tertiary/aromatic N) is 1. The van der Waals surface area contributed by atoms with Gasteiger partial charge in [-0.1, -0.05) is 29.3 Å². The molecule has 0 aliphatic heterocycles. The first-order chi connectivity index (χ1) is 15.1. The molecule has 0 bridgehead atoms. The molecule has 0 atom stereocenters. The summed E-state index contributed by atoms with van der Waals surface area (Å²) in [6, 6.07) is 12.4. The number of sulfonamides is 1. The molecule has 0 heterocycles. The van der Waals surface area contributed by atoms with E-state index in [9.17, 15) is 22.0 Å². The minimum absolute atomic E-state index is 0.0467. The molecule has 10 heteroatoms. The van der Waals surface area contributed by atoms with Crippen LogP contribution in [-0.4, -0.2) is 20.9 Å². The van der Waals surface area contributed by atoms with Gasteiger partial charge in [-0.05, 0) is 54.6 Å². The van der Waals surface area contributed by atoms with Gasteiger partial charge in [0, 0.05) is 11.1 Å². The summed E-state index contributed by atoms with van der Waals surface area (Å²) >= 11 is 12.0. The van der Waals surface area contributed by atoms with Gasteiger partial charge < -0.3 is 5.32 Å². The van der Waals surface area contributed by atoms with E-state index in [0.29, 0.717) is 16.8 Å². The van der Waals surface area contributed by atoms with Crippen LogP contribution in [0, 0.1) is 11.6 Å². The van der Waals surface area contributed by atoms with Gasteiger partial charge in [0.05, 0.1) is 33.4 Å². The SMILES string of the molecule is C=CCN(c1ccc(Cl)cc1)S(=O)(=O)c1ccc(Cl)c(C(=O)Nc2ccc(F)cc2F)c1. The number of benzene rings is 3. The zero-order valence-corrected chi connectivity index (χ0v) is 18.7. The van der Waals surface area contributed by atoms with Crippen molar-refractivity contribution in [3.05, 3.63) is 101 Å². The Morgan fingerprint density at radius 3 is 2.34 bits per heavy atom. The van der Waals surface area contributed by atoms with E-state index in [2.05, 4.69) is 11.9 Å². The summed E-state index contributed by atoms with van der Waals surface area (Å²) < 4.78 is 54.7. The Hall–Kier alpha value is -2.94. The Morgan fingerprint density at radius 1 is 1.03 bits per heavy atom. The summed E-state index contributed by atoms with van der Waals surface area (Å²) in [4.78, 5) is 12.4. The molecule has 0 aliphatic rings. The lowest BCUT2D eigenvalue weighted by Gasteiger charge is -2.23. The zero-order chi connectivity index (χ0) is 23.5. The standard InChI is InChI=1S/C22H16Cl2F2N2O3S/c1-2-11-28(16-6-3-14(23)4-7-16)32(30,31)17-8-9-19(24)18(13-17)22(29)27-21-10-5-15(25)12-20(21)26/h2-10,12-13H,1,11H2,(H,27,29). The molecule has 0 radical (unpaired) electrons. The summed E-state index contributed by atoms with van der Waals surface area (Å²) in [6.45, 7) is 3.55. The molecule has 166 valence electrons. The van der Waals surface area contributed by atoms with E-state index in [1.165, 1.54) is 30.3 Å². The fourth-order valence-corrected chi connectivity index (χ4v) is 4.61. The maximum atomic E-state index is 13.9. The Morgan fingerprint density at radius 2 is 1.72 bits per heavy atom. The highest BCUT2D eigenvalue weighted by molar-refractivity contribution is 7.92. The van der Waals surface area contributed by atoms with Gasteiger partial charge in [0.1, 0.15) is 11.6 Å². The molecule has 1 amide bonds. The van der Waals surface area contributed by atoms with Crippen molar-refractivity contribution in [2.24, 2.45) is 0 Å². The van der Waals surface area contributed by atoms with Crippen molar-refractivity contribution in [2.75, 3.05) is 16.2 Å². The fourth-order valence-electron chi connectivity index (χ4n) is 2.81. The second kappa shape index (κ2) is 9.68. The molecule has 32 heavy (non-hydrogen) atoms. The predicted octanol–water partition coefficient (Wildman–Crippen LogP) is 5.91. The topological polar surface area (TPSA) is 66.5 Å². The number of rotatable bonds is 7. The summed E-state index contributed by atoms with van der Waals surface area (Å²) in [7, 11) is -4.13. The highest BCUT2D eigenvalue weighted by atomic mass is 35.5. The van der Waals surface area contributed by atoms with Crippen molar-refractivity contribution in [1.29, 1.82) is 0 Å². The minimum Gasteiger partial charge on any atom is -0.319 e. The average molecular weight is 497 g/mol. The highest BCUT2D eigenvalue weighted by Gasteiger charge is 2.26. The third-order valence-corrected chi connectivity index (χ3v) is 6.73. The third kappa shape index (κ3) is 5.09. The number of hydrogen-bond donors (Lipinski definition) is 1. The van der Waals surface area contributed by atoms with Crippen LogP contribution >= 0.6 is 23.2 Å². The van der Waals surface area contributed by atoms with E-state index in [4.69, 9.17) is 23.2 Å². The van der Waals surface area contributed by atoms with E-state index < -0.39 is 27.6 Å². The zero-order valence-electron chi connectivity index (χ0n) is 16.4. The second-order valence-corrected chi connectivity index (χ2v) is 9.23. The van der Waals surface area contributed by atoms with Crippen molar-refractivity contribution in [3.8, 4) is 0 Å². The summed E-state index contributed by atoms with van der Waals surface area (Å²) in [6.07, 6.45) is 1.41. The molecule has 0 unspecified atom stereocenters. The lowest BCUT2D eigenvalue weighted by Crippen LogP contribution is -2.31. The number of nitrogens with one attached hydrogen (secondary N) is 1. The molecule has 5 nitrogen and oxygen atoms in total.